The Labute approximate surface area is 408 Å². The number of nitrogens with zero attached hydrogens (tertiary/aromatic N) is 2. The second-order valence-corrected chi connectivity index (χ2v) is 21.8. The summed E-state index contributed by atoms with van der Waals surface area (Å²) in [6.07, 6.45) is -8.53. The lowest BCUT2D eigenvalue weighted by Gasteiger charge is -2.17. The number of anilines is 2. The van der Waals surface area contributed by atoms with E-state index in [2.05, 4.69) is 18.9 Å². The molecule has 2 fully saturated rings. The maximum Gasteiger partial charge on any atom is 0.422 e. The standard InChI is InChI=1S/C21H21F6N3O8S2.C19H23N3O8S2/c22-20(23,24)11-37-14-4-6-17(38-12-21(25,26)27)18(9-14)39(33,34)28-7-1-2-13-3-5-15(16(31)8-13)30-10-19(32)29-40(30,35)36;1-29-17-8-6-14(11-18(17)30-2)31(25,26)20-9-3-4-13-5-7-15(16(23)10-13)22-12-19(24)21-32(22,27)28/h3-6,8-9,28,31H,1-2,7,10-12H2,(H,29,32);5-8,10-11,20,23H,3-4,9,12H2,1-2H3,(H,21,24). The molecule has 2 saturated heterocycles. The smallest absolute Gasteiger partial charge is 0.422 e. The van der Waals surface area contributed by atoms with Crippen molar-refractivity contribution in [1.29, 1.82) is 0 Å². The van der Waals surface area contributed by atoms with Gasteiger partial charge in [0.15, 0.2) is 24.7 Å². The second kappa shape index (κ2) is 22.5. The van der Waals surface area contributed by atoms with Gasteiger partial charge in [0.1, 0.15) is 41.0 Å². The van der Waals surface area contributed by atoms with Crippen molar-refractivity contribution in [3.63, 3.8) is 0 Å². The van der Waals surface area contributed by atoms with Gasteiger partial charge in [-0.3, -0.25) is 9.59 Å². The molecule has 396 valence electrons. The zero-order valence-corrected chi connectivity index (χ0v) is 40.7. The third-order valence-corrected chi connectivity index (χ3v) is 15.5. The highest BCUT2D eigenvalue weighted by Gasteiger charge is 2.37. The molecule has 0 bridgehead atoms. The first kappa shape index (κ1) is 56.4. The van der Waals surface area contributed by atoms with Crippen LogP contribution in [0.5, 0.6) is 34.5 Å². The van der Waals surface area contributed by atoms with Crippen LogP contribution in [-0.4, -0.2) is 122 Å². The Hall–Kier alpha value is -6.48. The molecule has 4 aromatic rings. The summed E-state index contributed by atoms with van der Waals surface area (Å²) < 4.78 is 202. The van der Waals surface area contributed by atoms with E-state index in [1.165, 1.54) is 62.8 Å². The molecule has 22 nitrogen and oxygen atoms in total. The number of aromatic hydroxyl groups is 2. The Bertz CT molecular complexity index is 3110. The van der Waals surface area contributed by atoms with Gasteiger partial charge in [-0.2, -0.15) is 43.2 Å². The number of hydrogen-bond donors (Lipinski definition) is 6. The minimum Gasteiger partial charge on any atom is -0.506 e. The molecule has 4 aromatic carbocycles. The van der Waals surface area contributed by atoms with Crippen LogP contribution in [0.15, 0.2) is 82.6 Å². The zero-order chi connectivity index (χ0) is 53.5. The quantitative estimate of drug-likeness (QED) is 0.0548. The summed E-state index contributed by atoms with van der Waals surface area (Å²) in [4.78, 5) is 21.9. The van der Waals surface area contributed by atoms with Gasteiger partial charge in [-0.25, -0.2) is 44.3 Å². The maximum absolute atomic E-state index is 12.8. The molecule has 0 unspecified atom stereocenters. The van der Waals surface area contributed by atoms with Gasteiger partial charge in [0.05, 0.1) is 30.5 Å². The lowest BCUT2D eigenvalue weighted by molar-refractivity contribution is -0.154. The summed E-state index contributed by atoms with van der Waals surface area (Å²) >= 11 is 0. The van der Waals surface area contributed by atoms with Crippen molar-refractivity contribution >= 4 is 63.7 Å². The van der Waals surface area contributed by atoms with Crippen LogP contribution in [0, 0.1) is 0 Å². The summed E-state index contributed by atoms with van der Waals surface area (Å²) in [6, 6.07) is 14.7. The Balaban J connectivity index is 0.000000274. The third-order valence-electron chi connectivity index (χ3n) is 9.79. The van der Waals surface area contributed by atoms with Gasteiger partial charge in [0, 0.05) is 25.2 Å². The molecular weight excluding hydrogens is 1060 g/mol. The number of amides is 2. The van der Waals surface area contributed by atoms with E-state index in [9.17, 15) is 79.8 Å². The fourth-order valence-electron chi connectivity index (χ4n) is 6.57. The molecular formula is C40H44F6N6O16S4. The normalized spacial score (nSPS) is 15.6. The molecule has 2 aliphatic heterocycles. The first-order chi connectivity index (χ1) is 33.4. The van der Waals surface area contributed by atoms with Gasteiger partial charge >= 0.3 is 32.8 Å². The van der Waals surface area contributed by atoms with E-state index in [1.807, 2.05) is 4.72 Å². The van der Waals surface area contributed by atoms with Gasteiger partial charge in [0.2, 0.25) is 20.0 Å². The first-order valence-electron chi connectivity index (χ1n) is 20.5. The molecule has 0 saturated carbocycles. The highest BCUT2D eigenvalue weighted by molar-refractivity contribution is 7.92. The lowest BCUT2D eigenvalue weighted by atomic mass is 10.1. The van der Waals surface area contributed by atoms with Gasteiger partial charge in [-0.05, 0) is 85.3 Å². The minimum absolute atomic E-state index is 0.0127. The van der Waals surface area contributed by atoms with E-state index in [0.717, 1.165) is 16.4 Å². The summed E-state index contributed by atoms with van der Waals surface area (Å²) in [5.74, 6) is -2.89. The van der Waals surface area contributed by atoms with Crippen LogP contribution in [0.2, 0.25) is 0 Å². The fraction of sp³-hybridized carbons (Fsp3) is 0.350. The highest BCUT2D eigenvalue weighted by atomic mass is 32.2. The molecule has 0 spiro atoms. The summed E-state index contributed by atoms with van der Waals surface area (Å²) in [7, 11) is -13.7. The number of phenols is 2. The monoisotopic (exact) mass is 1110 g/mol. The molecule has 72 heavy (non-hydrogen) atoms. The Kier molecular flexibility index (Phi) is 17.7. The van der Waals surface area contributed by atoms with Gasteiger partial charge < -0.3 is 29.2 Å². The van der Waals surface area contributed by atoms with Crippen LogP contribution in [0.4, 0.5) is 37.7 Å². The predicted octanol–water partition coefficient (Wildman–Crippen LogP) is 2.87. The van der Waals surface area contributed by atoms with Crippen LogP contribution < -0.4 is 46.4 Å². The number of carbonyl (C=O) groups is 2. The van der Waals surface area contributed by atoms with E-state index in [1.54, 1.807) is 10.8 Å². The summed E-state index contributed by atoms with van der Waals surface area (Å²) in [5.41, 5.74) is 0.934. The number of benzene rings is 4. The van der Waals surface area contributed by atoms with Crippen molar-refractivity contribution in [2.75, 3.05) is 62.2 Å². The maximum atomic E-state index is 12.8. The van der Waals surface area contributed by atoms with Crippen molar-refractivity contribution < 1.29 is 98.8 Å². The van der Waals surface area contributed by atoms with E-state index in [-0.39, 0.29) is 48.0 Å². The summed E-state index contributed by atoms with van der Waals surface area (Å²) in [6.45, 7) is -4.74. The van der Waals surface area contributed by atoms with Crippen molar-refractivity contribution in [2.45, 2.75) is 47.8 Å². The van der Waals surface area contributed by atoms with Crippen molar-refractivity contribution in [1.82, 2.24) is 18.9 Å². The first-order valence-corrected chi connectivity index (χ1v) is 26.3. The number of aryl methyl sites for hydroxylation is 2. The average molecular weight is 1110 g/mol. The lowest BCUT2D eigenvalue weighted by Crippen LogP contribution is -2.29. The zero-order valence-electron chi connectivity index (χ0n) is 37.4. The Morgan fingerprint density at radius 3 is 1.50 bits per heavy atom. The number of phenolic OH excluding ortho intramolecular Hbond substituents is 2. The van der Waals surface area contributed by atoms with Crippen molar-refractivity contribution in [3.05, 3.63) is 83.9 Å². The van der Waals surface area contributed by atoms with Gasteiger partial charge in [0.25, 0.3) is 11.8 Å². The number of methoxy groups -OCH3 is 2. The van der Waals surface area contributed by atoms with Crippen LogP contribution >= 0.6 is 0 Å². The summed E-state index contributed by atoms with van der Waals surface area (Å²) in [5, 5.41) is 20.4. The molecule has 6 N–H and O–H groups in total. The second-order valence-electron chi connectivity index (χ2n) is 15.2. The minimum atomic E-state index is -4.83. The van der Waals surface area contributed by atoms with Crippen molar-refractivity contribution in [3.8, 4) is 34.5 Å². The van der Waals surface area contributed by atoms with E-state index in [0.29, 0.717) is 45.8 Å². The SMILES string of the molecule is COc1ccc(S(=O)(=O)NCCCc2ccc(N3CC(=O)NS3(=O)=O)c(O)c2)cc1OC.O=C1CN(c2ccc(CCCNS(=O)(=O)c3cc(OCC(F)(F)F)ccc3OCC(F)(F)F)cc2O)S(=O)(=O)N1. The molecule has 0 aromatic heterocycles. The van der Waals surface area contributed by atoms with Gasteiger partial charge in [-0.1, -0.05) is 12.1 Å². The number of alkyl halides is 6. The molecule has 2 amide bonds. The number of sulfonamides is 2. The van der Waals surface area contributed by atoms with Crippen LogP contribution in [0.25, 0.3) is 0 Å². The third kappa shape index (κ3) is 15.3. The van der Waals surface area contributed by atoms with E-state index >= 15 is 0 Å². The number of carbonyl (C=O) groups excluding carboxylic acids is 2. The average Bonchev–Trinajstić information content (AvgIpc) is 3.73. The molecule has 0 aliphatic carbocycles. The van der Waals surface area contributed by atoms with E-state index in [4.69, 9.17) is 9.47 Å². The molecule has 6 rings (SSSR count). The van der Waals surface area contributed by atoms with Crippen LogP contribution in [0.1, 0.15) is 24.0 Å². The number of ether oxygens (including phenoxy) is 4. The molecule has 32 heteroatoms. The predicted molar refractivity (Wildman–Crippen MR) is 241 cm³/mol. The van der Waals surface area contributed by atoms with Crippen LogP contribution in [0.3, 0.4) is 0 Å². The topological polar surface area (TPSA) is 303 Å². The molecule has 0 radical (unpaired) electrons. The molecule has 0 atom stereocenters. The highest BCUT2D eigenvalue weighted by Crippen LogP contribution is 2.35. The fourth-order valence-corrected chi connectivity index (χ4v) is 11.2. The largest absolute Gasteiger partial charge is 0.506 e. The number of rotatable bonds is 20. The van der Waals surface area contributed by atoms with Gasteiger partial charge in [-0.15, -0.1) is 0 Å². The van der Waals surface area contributed by atoms with E-state index < -0.39 is 113 Å². The van der Waals surface area contributed by atoms with Crippen LogP contribution in [-0.2, 0) is 62.9 Å². The number of nitrogens with one attached hydrogen (secondary N) is 4. The molecule has 2 heterocycles. The Morgan fingerprint density at radius 2 is 1.07 bits per heavy atom. The molecule has 2 aliphatic rings. The number of halogens is 6. The number of hydrogen-bond acceptors (Lipinski definition) is 16. The Morgan fingerprint density at radius 1 is 0.611 bits per heavy atom. The van der Waals surface area contributed by atoms with Crippen molar-refractivity contribution in [2.24, 2.45) is 0 Å².